The van der Waals surface area contributed by atoms with E-state index in [0.29, 0.717) is 41.4 Å². The van der Waals surface area contributed by atoms with Gasteiger partial charge in [-0.2, -0.15) is 0 Å². The van der Waals surface area contributed by atoms with E-state index in [2.05, 4.69) is 29.7 Å². The van der Waals surface area contributed by atoms with Gasteiger partial charge < -0.3 is 9.80 Å². The lowest BCUT2D eigenvalue weighted by Gasteiger charge is -2.57. The molecular formula is C26H36ClN3O2. The maximum Gasteiger partial charge on any atom is 0.255 e. The average Bonchev–Trinajstić information content (AvgIpc) is 2.81. The zero-order valence-corrected chi connectivity index (χ0v) is 20.4. The number of benzene rings is 1. The molecule has 5 rings (SSSR count). The van der Waals surface area contributed by atoms with Crippen molar-refractivity contribution in [1.82, 2.24) is 14.7 Å². The molecule has 1 aromatic carbocycles. The third-order valence-corrected chi connectivity index (χ3v) is 8.39. The van der Waals surface area contributed by atoms with Crippen molar-refractivity contribution in [2.75, 3.05) is 45.8 Å². The Hall–Kier alpha value is -1.85. The molecule has 2 bridgehead atoms. The molecule has 174 valence electrons. The van der Waals surface area contributed by atoms with Crippen LogP contribution in [0.15, 0.2) is 35.9 Å². The largest absolute Gasteiger partial charge is 0.337 e. The molecule has 0 aromatic heterocycles. The summed E-state index contributed by atoms with van der Waals surface area (Å²) in [5, 5.41) is 0.506. The summed E-state index contributed by atoms with van der Waals surface area (Å²) in [5.41, 5.74) is 2.42. The van der Waals surface area contributed by atoms with Crippen molar-refractivity contribution in [2.24, 2.45) is 17.3 Å². The number of hydrogen-bond donors (Lipinski definition) is 0. The standard InChI is InChI=1S/C26H36ClN3O2/c1-4-24(31)30(18-19-9-10-20-17-22(19)26(20,2)3)16-13-28-11-14-29(15-12-28)25(32)21-7-5-6-8-23(21)27/h5-9,20,22H,4,10-18H2,1-3H3. The average molecular weight is 458 g/mol. The second kappa shape index (κ2) is 9.56. The quantitative estimate of drug-likeness (QED) is 0.572. The first kappa shape index (κ1) is 23.3. The lowest BCUT2D eigenvalue weighted by Crippen LogP contribution is -2.52. The van der Waals surface area contributed by atoms with Gasteiger partial charge in [-0.3, -0.25) is 14.5 Å². The van der Waals surface area contributed by atoms with Crippen LogP contribution in [-0.2, 0) is 4.79 Å². The normalized spacial score (nSPS) is 24.5. The van der Waals surface area contributed by atoms with Crippen LogP contribution in [0.3, 0.4) is 0 Å². The molecule has 5 nitrogen and oxygen atoms in total. The predicted octanol–water partition coefficient (Wildman–Crippen LogP) is 4.33. The summed E-state index contributed by atoms with van der Waals surface area (Å²) in [7, 11) is 0. The SMILES string of the molecule is CCC(=O)N(CCN1CCN(C(=O)c2ccccc2Cl)CC1)CC1=CCC2CC1C2(C)C. The molecule has 1 aromatic rings. The fourth-order valence-electron chi connectivity index (χ4n) is 5.63. The van der Waals surface area contributed by atoms with Crippen molar-refractivity contribution in [3.8, 4) is 0 Å². The molecule has 6 heteroatoms. The van der Waals surface area contributed by atoms with Crippen LogP contribution in [0.1, 0.15) is 50.4 Å². The Morgan fingerprint density at radius 2 is 1.88 bits per heavy atom. The minimum absolute atomic E-state index is 0.00342. The van der Waals surface area contributed by atoms with Crippen LogP contribution in [0.4, 0.5) is 0 Å². The van der Waals surface area contributed by atoms with Gasteiger partial charge in [0.05, 0.1) is 10.6 Å². The number of amides is 2. The summed E-state index contributed by atoms with van der Waals surface area (Å²) >= 11 is 6.21. The van der Waals surface area contributed by atoms with Gasteiger partial charge in [0.25, 0.3) is 5.91 Å². The van der Waals surface area contributed by atoms with Gasteiger partial charge in [0, 0.05) is 52.2 Å². The molecule has 2 fully saturated rings. The number of nitrogens with zero attached hydrogens (tertiary/aromatic N) is 3. The molecule has 1 saturated carbocycles. The van der Waals surface area contributed by atoms with Crippen molar-refractivity contribution in [1.29, 1.82) is 0 Å². The Labute approximate surface area is 197 Å². The molecule has 0 spiro atoms. The van der Waals surface area contributed by atoms with Crippen molar-refractivity contribution in [3.63, 3.8) is 0 Å². The Morgan fingerprint density at radius 1 is 1.16 bits per heavy atom. The summed E-state index contributed by atoms with van der Waals surface area (Å²) in [6, 6.07) is 7.24. The number of carbonyl (C=O) groups is 2. The van der Waals surface area contributed by atoms with Crippen LogP contribution in [0.25, 0.3) is 0 Å². The summed E-state index contributed by atoms with van der Waals surface area (Å²) in [4.78, 5) is 31.8. The summed E-state index contributed by atoms with van der Waals surface area (Å²) < 4.78 is 0. The molecule has 1 saturated heterocycles. The van der Waals surface area contributed by atoms with E-state index in [-0.39, 0.29) is 11.8 Å². The first-order chi connectivity index (χ1) is 15.3. The topological polar surface area (TPSA) is 43.9 Å². The fourth-order valence-corrected chi connectivity index (χ4v) is 5.85. The van der Waals surface area contributed by atoms with Gasteiger partial charge in [-0.05, 0) is 42.2 Å². The number of carbonyl (C=O) groups excluding carboxylic acids is 2. The molecule has 0 N–H and O–H groups in total. The fraction of sp³-hybridized carbons (Fsp3) is 0.615. The van der Waals surface area contributed by atoms with Crippen LogP contribution in [0, 0.1) is 17.3 Å². The van der Waals surface area contributed by atoms with Crippen molar-refractivity contribution in [2.45, 2.75) is 40.0 Å². The van der Waals surface area contributed by atoms with E-state index in [0.717, 1.165) is 45.1 Å². The molecule has 1 heterocycles. The molecular weight excluding hydrogens is 422 g/mol. The van der Waals surface area contributed by atoms with Crippen LogP contribution >= 0.6 is 11.6 Å². The summed E-state index contributed by atoms with van der Waals surface area (Å²) in [6.07, 6.45) is 5.39. The maximum absolute atomic E-state index is 12.8. The van der Waals surface area contributed by atoms with Gasteiger partial charge in [0.1, 0.15) is 0 Å². The third-order valence-electron chi connectivity index (χ3n) is 8.06. The van der Waals surface area contributed by atoms with Gasteiger partial charge in [-0.15, -0.1) is 0 Å². The number of hydrogen-bond acceptors (Lipinski definition) is 3. The van der Waals surface area contributed by atoms with Crippen LogP contribution in [-0.4, -0.2) is 72.3 Å². The third kappa shape index (κ3) is 4.60. The van der Waals surface area contributed by atoms with Crippen LogP contribution in [0.2, 0.25) is 5.02 Å². The first-order valence-corrected chi connectivity index (χ1v) is 12.4. The lowest BCUT2D eigenvalue weighted by atomic mass is 9.49. The molecule has 2 amide bonds. The smallest absolute Gasteiger partial charge is 0.255 e. The summed E-state index contributed by atoms with van der Waals surface area (Å²) in [5.74, 6) is 1.69. The minimum atomic E-state index is 0.00342. The highest BCUT2D eigenvalue weighted by Gasteiger charge is 2.51. The van der Waals surface area contributed by atoms with E-state index < -0.39 is 0 Å². The molecule has 4 aliphatic rings. The van der Waals surface area contributed by atoms with E-state index in [1.165, 1.54) is 12.0 Å². The lowest BCUT2D eigenvalue weighted by molar-refractivity contribution is -0.131. The van der Waals surface area contributed by atoms with Gasteiger partial charge in [0.15, 0.2) is 0 Å². The van der Waals surface area contributed by atoms with Crippen molar-refractivity contribution in [3.05, 3.63) is 46.5 Å². The molecule has 2 atom stereocenters. The molecule has 0 radical (unpaired) electrons. The van der Waals surface area contributed by atoms with Crippen molar-refractivity contribution >= 4 is 23.4 Å². The highest BCUT2D eigenvalue weighted by molar-refractivity contribution is 6.33. The van der Waals surface area contributed by atoms with Gasteiger partial charge in [-0.1, -0.05) is 56.2 Å². The number of allylic oxidation sites excluding steroid dienone is 1. The number of rotatable bonds is 7. The zero-order chi connectivity index (χ0) is 22.9. The van der Waals surface area contributed by atoms with Gasteiger partial charge >= 0.3 is 0 Å². The first-order valence-electron chi connectivity index (χ1n) is 12.0. The Kier molecular flexibility index (Phi) is 6.97. The van der Waals surface area contributed by atoms with Gasteiger partial charge in [0.2, 0.25) is 5.91 Å². The second-order valence-electron chi connectivity index (χ2n) is 10.1. The second-order valence-corrected chi connectivity index (χ2v) is 10.5. The van der Waals surface area contributed by atoms with E-state index in [4.69, 9.17) is 11.6 Å². The van der Waals surface area contributed by atoms with Gasteiger partial charge in [-0.25, -0.2) is 0 Å². The van der Waals surface area contributed by atoms with E-state index in [1.54, 1.807) is 12.1 Å². The highest BCUT2D eigenvalue weighted by atomic mass is 35.5. The Bertz CT molecular complexity index is 889. The molecule has 1 aliphatic heterocycles. The molecule has 3 aliphatic carbocycles. The van der Waals surface area contributed by atoms with E-state index in [9.17, 15) is 9.59 Å². The Balaban J connectivity index is 1.29. The monoisotopic (exact) mass is 457 g/mol. The highest BCUT2D eigenvalue weighted by Crippen LogP contribution is 2.59. The Morgan fingerprint density at radius 3 is 2.50 bits per heavy atom. The minimum Gasteiger partial charge on any atom is -0.337 e. The zero-order valence-electron chi connectivity index (χ0n) is 19.6. The summed E-state index contributed by atoms with van der Waals surface area (Å²) in [6.45, 7) is 12.1. The van der Waals surface area contributed by atoms with Crippen LogP contribution < -0.4 is 0 Å². The van der Waals surface area contributed by atoms with E-state index >= 15 is 0 Å². The molecule has 2 unspecified atom stereocenters. The predicted molar refractivity (Wildman–Crippen MR) is 129 cm³/mol. The maximum atomic E-state index is 12.8. The number of fused-ring (bicyclic) bond motifs is 1. The number of piperazine rings is 1. The molecule has 32 heavy (non-hydrogen) atoms. The number of halogens is 1. The van der Waals surface area contributed by atoms with Crippen molar-refractivity contribution < 1.29 is 9.59 Å². The van der Waals surface area contributed by atoms with E-state index in [1.807, 2.05) is 24.0 Å². The van der Waals surface area contributed by atoms with Crippen LogP contribution in [0.5, 0.6) is 0 Å².